The molecule has 2 nitrogen and oxygen atoms in total. The number of alkyl halides is 3. The molecule has 0 saturated heterocycles. The molecule has 0 aromatic rings. The van der Waals surface area contributed by atoms with Crippen molar-refractivity contribution in [2.24, 2.45) is 11.7 Å². The SMILES string of the molecule is CC1CCCC(N)(CN(CC(F)(F)F)C2CC2)C1. The molecule has 2 N–H and O–H groups in total. The fourth-order valence-corrected chi connectivity index (χ4v) is 3.23. The minimum Gasteiger partial charge on any atom is -0.324 e. The standard InChI is InChI=1S/C13H23F3N2/c1-10-3-2-6-12(17,7-10)8-18(11-4-5-11)9-13(14,15)16/h10-11H,2-9,17H2,1H3. The highest BCUT2D eigenvalue weighted by Crippen LogP contribution is 2.35. The Kier molecular flexibility index (Phi) is 3.93. The lowest BCUT2D eigenvalue weighted by atomic mass is 9.76. The van der Waals surface area contributed by atoms with E-state index >= 15 is 0 Å². The number of nitrogens with zero attached hydrogens (tertiary/aromatic N) is 1. The second kappa shape index (κ2) is 5.00. The minimum atomic E-state index is -4.11. The molecule has 2 saturated carbocycles. The van der Waals surface area contributed by atoms with Crippen molar-refractivity contribution in [3.05, 3.63) is 0 Å². The maximum absolute atomic E-state index is 12.6. The number of halogens is 3. The Morgan fingerprint density at radius 1 is 1.28 bits per heavy atom. The van der Waals surface area contributed by atoms with Crippen molar-refractivity contribution in [1.29, 1.82) is 0 Å². The summed E-state index contributed by atoms with van der Waals surface area (Å²) < 4.78 is 37.7. The molecule has 0 aromatic carbocycles. The zero-order chi connectivity index (χ0) is 13.4. The van der Waals surface area contributed by atoms with E-state index in [0.29, 0.717) is 12.5 Å². The van der Waals surface area contributed by atoms with E-state index in [4.69, 9.17) is 5.73 Å². The quantitative estimate of drug-likeness (QED) is 0.846. The fourth-order valence-electron chi connectivity index (χ4n) is 3.23. The largest absolute Gasteiger partial charge is 0.401 e. The summed E-state index contributed by atoms with van der Waals surface area (Å²) in [6.45, 7) is 1.75. The van der Waals surface area contributed by atoms with Crippen LogP contribution in [0.2, 0.25) is 0 Å². The van der Waals surface area contributed by atoms with Crippen LogP contribution in [0.3, 0.4) is 0 Å². The van der Waals surface area contributed by atoms with Gasteiger partial charge in [-0.3, -0.25) is 4.90 Å². The Morgan fingerprint density at radius 2 is 1.94 bits per heavy atom. The fraction of sp³-hybridized carbons (Fsp3) is 1.00. The molecule has 2 fully saturated rings. The third kappa shape index (κ3) is 4.12. The highest BCUT2D eigenvalue weighted by atomic mass is 19.4. The molecule has 0 aromatic heterocycles. The first-order valence-electron chi connectivity index (χ1n) is 6.87. The maximum Gasteiger partial charge on any atom is 0.401 e. The molecule has 0 aliphatic heterocycles. The van der Waals surface area contributed by atoms with E-state index in [9.17, 15) is 13.2 Å². The first-order chi connectivity index (χ1) is 8.27. The van der Waals surface area contributed by atoms with Gasteiger partial charge < -0.3 is 5.73 Å². The number of hydrogen-bond donors (Lipinski definition) is 1. The number of rotatable bonds is 4. The molecule has 0 spiro atoms. The summed E-state index contributed by atoms with van der Waals surface area (Å²) in [4.78, 5) is 1.57. The van der Waals surface area contributed by atoms with Crippen LogP contribution in [0.15, 0.2) is 0 Å². The normalized spacial score (nSPS) is 34.0. The van der Waals surface area contributed by atoms with Crippen LogP contribution in [0.1, 0.15) is 45.4 Å². The smallest absolute Gasteiger partial charge is 0.324 e. The Balaban J connectivity index is 1.95. The molecule has 106 valence electrons. The molecular formula is C13H23F3N2. The number of nitrogens with two attached hydrogens (primary N) is 1. The van der Waals surface area contributed by atoms with Crippen LogP contribution in [0.25, 0.3) is 0 Å². The van der Waals surface area contributed by atoms with Gasteiger partial charge in [-0.25, -0.2) is 0 Å². The summed E-state index contributed by atoms with van der Waals surface area (Å²) >= 11 is 0. The Labute approximate surface area is 107 Å². The van der Waals surface area contributed by atoms with E-state index in [-0.39, 0.29) is 6.04 Å². The van der Waals surface area contributed by atoms with Crippen LogP contribution >= 0.6 is 0 Å². The molecular weight excluding hydrogens is 241 g/mol. The highest BCUT2D eigenvalue weighted by molar-refractivity contribution is 4.96. The van der Waals surface area contributed by atoms with Crippen molar-refractivity contribution in [2.45, 2.75) is 63.2 Å². The van der Waals surface area contributed by atoms with Crippen LogP contribution in [0, 0.1) is 5.92 Å². The molecule has 0 radical (unpaired) electrons. The molecule has 2 aliphatic carbocycles. The van der Waals surface area contributed by atoms with E-state index in [1.54, 1.807) is 4.90 Å². The lowest BCUT2D eigenvalue weighted by molar-refractivity contribution is -0.149. The van der Waals surface area contributed by atoms with E-state index in [0.717, 1.165) is 38.5 Å². The van der Waals surface area contributed by atoms with Gasteiger partial charge >= 0.3 is 6.18 Å². The van der Waals surface area contributed by atoms with Crippen molar-refractivity contribution in [2.75, 3.05) is 13.1 Å². The summed E-state index contributed by atoms with van der Waals surface area (Å²) in [6.07, 6.45) is 1.58. The predicted octanol–water partition coefficient (Wildman–Crippen LogP) is 2.92. The van der Waals surface area contributed by atoms with Gasteiger partial charge in [0, 0.05) is 18.1 Å². The van der Waals surface area contributed by atoms with Gasteiger partial charge in [0.05, 0.1) is 6.54 Å². The third-order valence-electron chi connectivity index (χ3n) is 4.09. The molecule has 0 amide bonds. The molecule has 2 atom stereocenters. The van der Waals surface area contributed by atoms with E-state index < -0.39 is 18.3 Å². The van der Waals surface area contributed by atoms with Crippen LogP contribution in [-0.2, 0) is 0 Å². The first kappa shape index (κ1) is 14.1. The molecule has 18 heavy (non-hydrogen) atoms. The van der Waals surface area contributed by atoms with Crippen LogP contribution < -0.4 is 5.73 Å². The summed E-state index contributed by atoms with van der Waals surface area (Å²) in [7, 11) is 0. The van der Waals surface area contributed by atoms with Crippen LogP contribution in [0.5, 0.6) is 0 Å². The van der Waals surface area contributed by atoms with Gasteiger partial charge in [-0.2, -0.15) is 13.2 Å². The lowest BCUT2D eigenvalue weighted by Crippen LogP contribution is -2.54. The van der Waals surface area contributed by atoms with E-state index in [2.05, 4.69) is 6.92 Å². The van der Waals surface area contributed by atoms with Crippen molar-refractivity contribution in [3.8, 4) is 0 Å². The summed E-state index contributed by atoms with van der Waals surface area (Å²) in [5.74, 6) is 0.538. The van der Waals surface area contributed by atoms with Gasteiger partial charge in [0.2, 0.25) is 0 Å². The zero-order valence-electron chi connectivity index (χ0n) is 11.0. The summed E-state index contributed by atoms with van der Waals surface area (Å²) in [5, 5.41) is 0. The molecule has 2 rings (SSSR count). The third-order valence-corrected chi connectivity index (χ3v) is 4.09. The monoisotopic (exact) mass is 264 g/mol. The Bertz CT molecular complexity index is 288. The second-order valence-electron chi connectivity index (χ2n) is 6.32. The average Bonchev–Trinajstić information content (AvgIpc) is 2.95. The molecule has 0 bridgehead atoms. The topological polar surface area (TPSA) is 29.3 Å². The van der Waals surface area contributed by atoms with Gasteiger partial charge in [-0.15, -0.1) is 0 Å². The van der Waals surface area contributed by atoms with Gasteiger partial charge in [0.25, 0.3) is 0 Å². The average molecular weight is 264 g/mol. The van der Waals surface area contributed by atoms with Gasteiger partial charge in [-0.05, 0) is 31.6 Å². The first-order valence-corrected chi connectivity index (χ1v) is 6.87. The van der Waals surface area contributed by atoms with Crippen molar-refractivity contribution < 1.29 is 13.2 Å². The lowest BCUT2D eigenvalue weighted by Gasteiger charge is -2.40. The Hall–Kier alpha value is -0.290. The van der Waals surface area contributed by atoms with Gasteiger partial charge in [0.15, 0.2) is 0 Å². The van der Waals surface area contributed by atoms with Crippen molar-refractivity contribution in [1.82, 2.24) is 4.90 Å². The van der Waals surface area contributed by atoms with Crippen LogP contribution in [0.4, 0.5) is 13.2 Å². The molecule has 0 heterocycles. The summed E-state index contributed by atoms with van der Waals surface area (Å²) in [6, 6.07) is 0.115. The van der Waals surface area contributed by atoms with Crippen molar-refractivity contribution >= 4 is 0 Å². The van der Waals surface area contributed by atoms with Gasteiger partial charge in [0.1, 0.15) is 0 Å². The zero-order valence-corrected chi connectivity index (χ0v) is 11.0. The van der Waals surface area contributed by atoms with E-state index in [1.165, 1.54) is 0 Å². The maximum atomic E-state index is 12.6. The molecule has 2 aliphatic rings. The minimum absolute atomic E-state index is 0.115. The molecule has 2 unspecified atom stereocenters. The van der Waals surface area contributed by atoms with Gasteiger partial charge in [-0.1, -0.05) is 19.8 Å². The second-order valence-corrected chi connectivity index (χ2v) is 6.32. The van der Waals surface area contributed by atoms with E-state index in [1.807, 2.05) is 0 Å². The van der Waals surface area contributed by atoms with Crippen molar-refractivity contribution in [3.63, 3.8) is 0 Å². The van der Waals surface area contributed by atoms with Crippen LogP contribution in [-0.4, -0.2) is 35.7 Å². The number of hydrogen-bond acceptors (Lipinski definition) is 2. The highest BCUT2D eigenvalue weighted by Gasteiger charge is 2.42. The summed E-state index contributed by atoms with van der Waals surface area (Å²) in [5.41, 5.74) is 5.91. The molecule has 5 heteroatoms. The Morgan fingerprint density at radius 3 is 2.44 bits per heavy atom. The predicted molar refractivity (Wildman–Crippen MR) is 65.2 cm³/mol.